The summed E-state index contributed by atoms with van der Waals surface area (Å²) in [7, 11) is 1.63. The molecule has 1 saturated carbocycles. The van der Waals surface area contributed by atoms with Gasteiger partial charge < -0.3 is 15.8 Å². The molecule has 0 spiro atoms. The Morgan fingerprint density at radius 3 is 2.70 bits per heavy atom. The molecule has 1 aliphatic rings. The summed E-state index contributed by atoms with van der Waals surface area (Å²) in [4.78, 5) is 12.1. The van der Waals surface area contributed by atoms with Gasteiger partial charge in [0.2, 0.25) is 5.91 Å². The lowest BCUT2D eigenvalue weighted by Crippen LogP contribution is -2.57. The van der Waals surface area contributed by atoms with Gasteiger partial charge in [0.15, 0.2) is 0 Å². The number of carbonyl (C=O) groups excluding carboxylic acids is 1. The maximum absolute atomic E-state index is 12.1. The Morgan fingerprint density at radius 1 is 1.40 bits per heavy atom. The van der Waals surface area contributed by atoms with E-state index in [1.165, 1.54) is 0 Å². The van der Waals surface area contributed by atoms with Crippen LogP contribution in [0.25, 0.3) is 0 Å². The zero-order valence-electron chi connectivity index (χ0n) is 12.5. The largest absolute Gasteiger partial charge is 0.495 e. The zero-order chi connectivity index (χ0) is 14.8. The van der Waals surface area contributed by atoms with Crippen molar-refractivity contribution in [3.63, 3.8) is 0 Å². The van der Waals surface area contributed by atoms with Crippen molar-refractivity contribution < 1.29 is 9.53 Å². The quantitative estimate of drug-likeness (QED) is 0.888. The number of hydrogen-bond donors (Lipinski definition) is 2. The highest BCUT2D eigenvalue weighted by Crippen LogP contribution is 2.40. The van der Waals surface area contributed by atoms with Crippen molar-refractivity contribution in [3.8, 4) is 5.75 Å². The third kappa shape index (κ3) is 2.60. The summed E-state index contributed by atoms with van der Waals surface area (Å²) in [5.74, 6) is 1.30. The van der Waals surface area contributed by atoms with Gasteiger partial charge in [-0.2, -0.15) is 0 Å². The summed E-state index contributed by atoms with van der Waals surface area (Å²) in [5.41, 5.74) is 5.88. The second kappa shape index (κ2) is 5.73. The molecule has 0 bridgehead atoms. The predicted octanol–water partition coefficient (Wildman–Crippen LogP) is 2.79. The van der Waals surface area contributed by atoms with Gasteiger partial charge in [0.1, 0.15) is 11.3 Å². The van der Waals surface area contributed by atoms with Crippen molar-refractivity contribution in [3.05, 3.63) is 24.3 Å². The van der Waals surface area contributed by atoms with E-state index in [4.69, 9.17) is 10.5 Å². The van der Waals surface area contributed by atoms with Crippen LogP contribution in [-0.2, 0) is 4.79 Å². The maximum Gasteiger partial charge on any atom is 0.243 e. The van der Waals surface area contributed by atoms with E-state index in [1.807, 2.05) is 24.3 Å². The first-order valence-corrected chi connectivity index (χ1v) is 7.20. The average molecular weight is 276 g/mol. The number of para-hydroxylation sites is 2. The summed E-state index contributed by atoms with van der Waals surface area (Å²) < 4.78 is 5.35. The van der Waals surface area contributed by atoms with Crippen molar-refractivity contribution in [1.29, 1.82) is 0 Å². The molecule has 2 rings (SSSR count). The van der Waals surface area contributed by atoms with E-state index in [9.17, 15) is 4.79 Å². The van der Waals surface area contributed by atoms with E-state index in [-0.39, 0.29) is 11.8 Å². The zero-order valence-corrected chi connectivity index (χ0v) is 12.5. The van der Waals surface area contributed by atoms with Crippen LogP contribution in [0.15, 0.2) is 24.3 Å². The van der Waals surface area contributed by atoms with Gasteiger partial charge in [-0.3, -0.25) is 4.79 Å². The Labute approximate surface area is 120 Å². The van der Waals surface area contributed by atoms with Gasteiger partial charge in [0.05, 0.1) is 12.8 Å². The van der Waals surface area contributed by atoms with Crippen LogP contribution in [-0.4, -0.2) is 18.6 Å². The van der Waals surface area contributed by atoms with Gasteiger partial charge in [-0.1, -0.05) is 26.0 Å². The predicted molar refractivity (Wildman–Crippen MR) is 80.7 cm³/mol. The number of hydrogen-bond acceptors (Lipinski definition) is 3. The molecule has 0 saturated heterocycles. The lowest BCUT2D eigenvalue weighted by Gasteiger charge is -2.43. The number of methoxy groups -OCH3 is 1. The van der Waals surface area contributed by atoms with Crippen LogP contribution in [0, 0.1) is 11.8 Å². The Morgan fingerprint density at radius 2 is 2.10 bits per heavy atom. The topological polar surface area (TPSA) is 64.3 Å². The SMILES string of the molecule is COc1ccccc1NC1(C(N)=O)CCC(C)CC1C. The number of ether oxygens (including phenoxy) is 1. The molecule has 1 aromatic rings. The van der Waals surface area contributed by atoms with Crippen LogP contribution in [0.5, 0.6) is 5.75 Å². The highest BCUT2D eigenvalue weighted by Gasteiger charge is 2.45. The Bertz CT molecular complexity index is 489. The number of primary amides is 1. The van der Waals surface area contributed by atoms with Gasteiger partial charge in [-0.25, -0.2) is 0 Å². The summed E-state index contributed by atoms with van der Waals surface area (Å²) in [6.45, 7) is 4.33. The summed E-state index contributed by atoms with van der Waals surface area (Å²) in [6.07, 6.45) is 2.78. The Kier molecular flexibility index (Phi) is 4.21. The molecule has 3 unspecified atom stereocenters. The molecule has 1 amide bonds. The van der Waals surface area contributed by atoms with Gasteiger partial charge in [0, 0.05) is 0 Å². The van der Waals surface area contributed by atoms with Crippen LogP contribution in [0.1, 0.15) is 33.1 Å². The van der Waals surface area contributed by atoms with Crippen molar-refractivity contribution in [2.24, 2.45) is 17.6 Å². The first-order valence-electron chi connectivity index (χ1n) is 7.20. The molecule has 3 atom stereocenters. The van der Waals surface area contributed by atoms with Gasteiger partial charge in [-0.05, 0) is 43.2 Å². The van der Waals surface area contributed by atoms with Crippen molar-refractivity contribution in [2.45, 2.75) is 38.6 Å². The number of nitrogens with one attached hydrogen (secondary N) is 1. The van der Waals surface area contributed by atoms with Crippen LogP contribution < -0.4 is 15.8 Å². The second-order valence-electron chi connectivity index (χ2n) is 5.94. The minimum Gasteiger partial charge on any atom is -0.495 e. The van der Waals surface area contributed by atoms with E-state index >= 15 is 0 Å². The molecule has 1 fully saturated rings. The van der Waals surface area contributed by atoms with Crippen molar-refractivity contribution in [1.82, 2.24) is 0 Å². The molecule has 1 aliphatic carbocycles. The van der Waals surface area contributed by atoms with Crippen LogP contribution in [0.4, 0.5) is 5.69 Å². The molecule has 4 heteroatoms. The van der Waals surface area contributed by atoms with Crippen LogP contribution >= 0.6 is 0 Å². The summed E-state index contributed by atoms with van der Waals surface area (Å²) >= 11 is 0. The molecule has 110 valence electrons. The smallest absolute Gasteiger partial charge is 0.243 e. The minimum absolute atomic E-state index is 0.202. The number of nitrogens with two attached hydrogens (primary N) is 1. The molecule has 0 aliphatic heterocycles. The third-order valence-corrected chi connectivity index (χ3v) is 4.53. The maximum atomic E-state index is 12.1. The molecule has 0 aromatic heterocycles. The normalized spacial score (nSPS) is 29.8. The van der Waals surface area contributed by atoms with E-state index in [0.717, 1.165) is 30.7 Å². The summed E-state index contributed by atoms with van der Waals surface area (Å²) in [5, 5.41) is 3.38. The van der Waals surface area contributed by atoms with E-state index in [0.29, 0.717) is 5.92 Å². The second-order valence-corrected chi connectivity index (χ2v) is 5.94. The number of rotatable bonds is 4. The van der Waals surface area contributed by atoms with E-state index < -0.39 is 5.54 Å². The molecular weight excluding hydrogens is 252 g/mol. The van der Waals surface area contributed by atoms with E-state index in [2.05, 4.69) is 19.2 Å². The number of benzene rings is 1. The lowest BCUT2D eigenvalue weighted by atomic mass is 9.69. The summed E-state index contributed by atoms with van der Waals surface area (Å²) in [6, 6.07) is 7.64. The molecule has 4 nitrogen and oxygen atoms in total. The highest BCUT2D eigenvalue weighted by atomic mass is 16.5. The number of anilines is 1. The first kappa shape index (κ1) is 14.7. The Hall–Kier alpha value is -1.71. The molecule has 0 radical (unpaired) electrons. The minimum atomic E-state index is -0.679. The molecule has 1 aromatic carbocycles. The molecule has 3 N–H and O–H groups in total. The van der Waals surface area contributed by atoms with Gasteiger partial charge >= 0.3 is 0 Å². The van der Waals surface area contributed by atoms with Crippen LogP contribution in [0.2, 0.25) is 0 Å². The fraction of sp³-hybridized carbons (Fsp3) is 0.562. The van der Waals surface area contributed by atoms with Crippen molar-refractivity contribution >= 4 is 11.6 Å². The molecule has 20 heavy (non-hydrogen) atoms. The standard InChI is InChI=1S/C16H24N2O2/c1-11-8-9-16(15(17)19,12(2)10-11)18-13-6-4-5-7-14(13)20-3/h4-7,11-12,18H,8-10H2,1-3H3,(H2,17,19). The van der Waals surface area contributed by atoms with Crippen molar-refractivity contribution in [2.75, 3.05) is 12.4 Å². The van der Waals surface area contributed by atoms with E-state index in [1.54, 1.807) is 7.11 Å². The first-order chi connectivity index (χ1) is 9.49. The van der Waals surface area contributed by atoms with Crippen LogP contribution in [0.3, 0.4) is 0 Å². The molecular formula is C16H24N2O2. The highest BCUT2D eigenvalue weighted by molar-refractivity contribution is 5.89. The van der Waals surface area contributed by atoms with Gasteiger partial charge in [-0.15, -0.1) is 0 Å². The Balaban J connectivity index is 2.32. The fourth-order valence-corrected chi connectivity index (χ4v) is 3.24. The fourth-order valence-electron chi connectivity index (χ4n) is 3.24. The molecule has 0 heterocycles. The average Bonchev–Trinajstić information content (AvgIpc) is 2.42. The third-order valence-electron chi connectivity index (χ3n) is 4.53. The van der Waals surface area contributed by atoms with Gasteiger partial charge in [0.25, 0.3) is 0 Å². The lowest BCUT2D eigenvalue weighted by molar-refractivity contribution is -0.125. The number of carbonyl (C=O) groups is 1. The monoisotopic (exact) mass is 276 g/mol. The number of amides is 1.